The summed E-state index contributed by atoms with van der Waals surface area (Å²) >= 11 is 1.49. The number of anilines is 2. The monoisotopic (exact) mass is 421 g/mol. The fourth-order valence-corrected chi connectivity index (χ4v) is 5.09. The molecule has 0 radical (unpaired) electrons. The molecule has 2 N–H and O–H groups in total. The van der Waals surface area contributed by atoms with Crippen LogP contribution < -0.4 is 15.4 Å². The molecule has 1 aliphatic rings. The number of ether oxygens (including phenoxy) is 1. The third-order valence-corrected chi connectivity index (χ3v) is 6.41. The second kappa shape index (κ2) is 8.67. The maximum atomic E-state index is 13.3. The van der Waals surface area contributed by atoms with Crippen LogP contribution in [-0.2, 0) is 12.8 Å². The number of rotatable bonds is 5. The van der Waals surface area contributed by atoms with E-state index in [-0.39, 0.29) is 11.8 Å². The molecule has 2 amide bonds. The number of benzene rings is 1. The van der Waals surface area contributed by atoms with Crippen LogP contribution in [0.3, 0.4) is 0 Å². The molecule has 0 spiro atoms. The number of para-hydroxylation sites is 2. The summed E-state index contributed by atoms with van der Waals surface area (Å²) in [5.74, 6) is 0.627. The van der Waals surface area contributed by atoms with E-state index >= 15 is 0 Å². The molecule has 1 aromatic carbocycles. The maximum Gasteiger partial charge on any atom is 0.259 e. The van der Waals surface area contributed by atoms with Gasteiger partial charge in [0.05, 0.1) is 23.9 Å². The van der Waals surface area contributed by atoms with Crippen molar-refractivity contribution < 1.29 is 14.3 Å². The van der Waals surface area contributed by atoms with Crippen molar-refractivity contribution in [1.29, 1.82) is 0 Å². The van der Waals surface area contributed by atoms with Gasteiger partial charge in [0, 0.05) is 17.3 Å². The molecule has 0 aliphatic heterocycles. The van der Waals surface area contributed by atoms with Crippen molar-refractivity contribution in [3.8, 4) is 5.75 Å². The van der Waals surface area contributed by atoms with Crippen LogP contribution in [-0.4, -0.2) is 23.9 Å². The summed E-state index contributed by atoms with van der Waals surface area (Å²) in [7, 11) is 1.57. The Morgan fingerprint density at radius 1 is 1.13 bits per heavy atom. The zero-order valence-electron chi connectivity index (χ0n) is 16.9. The summed E-state index contributed by atoms with van der Waals surface area (Å²) < 4.78 is 5.35. The number of amides is 2. The van der Waals surface area contributed by atoms with Gasteiger partial charge >= 0.3 is 0 Å². The number of carbonyl (C=O) groups excluding carboxylic acids is 2. The van der Waals surface area contributed by atoms with Crippen LogP contribution in [0, 0.1) is 5.92 Å². The van der Waals surface area contributed by atoms with Crippen LogP contribution in [0.2, 0.25) is 0 Å². The zero-order chi connectivity index (χ0) is 21.1. The van der Waals surface area contributed by atoms with Crippen LogP contribution in [0.1, 0.15) is 44.5 Å². The molecule has 30 heavy (non-hydrogen) atoms. The van der Waals surface area contributed by atoms with Crippen molar-refractivity contribution in [2.45, 2.75) is 26.2 Å². The first-order valence-corrected chi connectivity index (χ1v) is 10.7. The number of pyridine rings is 1. The highest BCUT2D eigenvalue weighted by atomic mass is 32.1. The Bertz CT molecular complexity index is 1080. The van der Waals surface area contributed by atoms with Crippen LogP contribution in [0.4, 0.5) is 10.7 Å². The van der Waals surface area contributed by atoms with Gasteiger partial charge in [0.15, 0.2) is 0 Å². The molecule has 1 atom stereocenters. The maximum absolute atomic E-state index is 13.3. The van der Waals surface area contributed by atoms with Crippen molar-refractivity contribution in [3.05, 3.63) is 70.4 Å². The molecule has 1 aliphatic carbocycles. The Kier molecular flexibility index (Phi) is 5.81. The molecule has 3 aromatic rings. The van der Waals surface area contributed by atoms with Crippen LogP contribution >= 0.6 is 11.3 Å². The highest BCUT2D eigenvalue weighted by molar-refractivity contribution is 7.17. The molecular weight excluding hydrogens is 398 g/mol. The molecular formula is C23H23N3O3S. The van der Waals surface area contributed by atoms with Gasteiger partial charge in [-0.25, -0.2) is 0 Å². The highest BCUT2D eigenvalue weighted by Gasteiger charge is 2.29. The van der Waals surface area contributed by atoms with Crippen LogP contribution in [0.25, 0.3) is 0 Å². The highest BCUT2D eigenvalue weighted by Crippen LogP contribution is 2.40. The average Bonchev–Trinajstić information content (AvgIpc) is 3.11. The number of thiophene rings is 1. The second-order valence-electron chi connectivity index (χ2n) is 7.41. The number of hydrogen-bond donors (Lipinski definition) is 2. The minimum absolute atomic E-state index is 0.243. The Morgan fingerprint density at radius 3 is 2.73 bits per heavy atom. The zero-order valence-corrected chi connectivity index (χ0v) is 17.7. The van der Waals surface area contributed by atoms with E-state index in [1.807, 2.05) is 12.1 Å². The molecule has 154 valence electrons. The van der Waals surface area contributed by atoms with E-state index in [2.05, 4.69) is 22.5 Å². The minimum Gasteiger partial charge on any atom is -0.495 e. The predicted octanol–water partition coefficient (Wildman–Crippen LogP) is 4.78. The van der Waals surface area contributed by atoms with Crippen LogP contribution in [0.15, 0.2) is 48.8 Å². The van der Waals surface area contributed by atoms with E-state index in [1.165, 1.54) is 22.4 Å². The van der Waals surface area contributed by atoms with E-state index in [0.29, 0.717) is 33.5 Å². The third kappa shape index (κ3) is 4.07. The summed E-state index contributed by atoms with van der Waals surface area (Å²) in [4.78, 5) is 31.2. The molecule has 2 aromatic heterocycles. The Morgan fingerprint density at radius 2 is 1.97 bits per heavy atom. The smallest absolute Gasteiger partial charge is 0.259 e. The van der Waals surface area contributed by atoms with E-state index in [0.717, 1.165) is 24.8 Å². The van der Waals surface area contributed by atoms with E-state index in [9.17, 15) is 9.59 Å². The minimum atomic E-state index is -0.277. The second-order valence-corrected chi connectivity index (χ2v) is 8.51. The number of hydrogen-bond acceptors (Lipinski definition) is 5. The molecule has 6 nitrogen and oxygen atoms in total. The van der Waals surface area contributed by atoms with Crippen molar-refractivity contribution >= 4 is 33.8 Å². The Balaban J connectivity index is 1.68. The first-order chi connectivity index (χ1) is 14.6. The molecule has 2 heterocycles. The lowest BCUT2D eigenvalue weighted by atomic mass is 9.88. The summed E-state index contributed by atoms with van der Waals surface area (Å²) in [6, 6.07) is 10.7. The lowest BCUT2D eigenvalue weighted by Crippen LogP contribution is -2.19. The van der Waals surface area contributed by atoms with Crippen molar-refractivity contribution in [1.82, 2.24) is 4.98 Å². The van der Waals surface area contributed by atoms with Crippen molar-refractivity contribution in [2.75, 3.05) is 17.7 Å². The SMILES string of the molecule is COc1ccccc1NC(=O)c1c(NC(=O)c2cccnc2)sc2c1CC[C@@H](C)C2. The molecule has 0 saturated carbocycles. The summed E-state index contributed by atoms with van der Waals surface area (Å²) in [6.45, 7) is 2.21. The van der Waals surface area contributed by atoms with Gasteiger partial charge in [-0.05, 0) is 55.0 Å². The number of methoxy groups -OCH3 is 1. The van der Waals surface area contributed by atoms with Crippen molar-refractivity contribution in [3.63, 3.8) is 0 Å². The van der Waals surface area contributed by atoms with Gasteiger partial charge in [-0.1, -0.05) is 19.1 Å². The largest absolute Gasteiger partial charge is 0.495 e. The number of carbonyl (C=O) groups is 2. The van der Waals surface area contributed by atoms with Gasteiger partial charge < -0.3 is 15.4 Å². The first-order valence-electron chi connectivity index (χ1n) is 9.87. The number of nitrogens with zero attached hydrogens (tertiary/aromatic N) is 1. The van der Waals surface area contributed by atoms with E-state index in [4.69, 9.17) is 4.74 Å². The molecule has 0 fully saturated rings. The van der Waals surface area contributed by atoms with Gasteiger partial charge in [0.1, 0.15) is 10.8 Å². The Hall–Kier alpha value is -3.19. The summed E-state index contributed by atoms with van der Waals surface area (Å²) in [5.41, 5.74) is 2.63. The predicted molar refractivity (Wildman–Crippen MR) is 119 cm³/mol. The van der Waals surface area contributed by atoms with Crippen molar-refractivity contribution in [2.24, 2.45) is 5.92 Å². The van der Waals surface area contributed by atoms with E-state index in [1.54, 1.807) is 37.6 Å². The number of nitrogens with one attached hydrogen (secondary N) is 2. The average molecular weight is 422 g/mol. The fraction of sp³-hybridized carbons (Fsp3) is 0.261. The lowest BCUT2D eigenvalue weighted by Gasteiger charge is -2.19. The molecule has 0 unspecified atom stereocenters. The van der Waals surface area contributed by atoms with Gasteiger partial charge in [-0.15, -0.1) is 11.3 Å². The van der Waals surface area contributed by atoms with Gasteiger partial charge in [-0.3, -0.25) is 14.6 Å². The normalized spacial score (nSPS) is 15.2. The third-order valence-electron chi connectivity index (χ3n) is 5.24. The van der Waals surface area contributed by atoms with E-state index < -0.39 is 0 Å². The summed E-state index contributed by atoms with van der Waals surface area (Å²) in [5, 5.41) is 6.48. The Labute approximate surface area is 179 Å². The lowest BCUT2D eigenvalue weighted by molar-refractivity contribution is 0.102. The standard InChI is InChI=1S/C23H23N3O3S/c1-14-9-10-16-19(12-14)30-23(26-21(27)15-6-5-11-24-13-15)20(16)22(28)25-17-7-3-4-8-18(17)29-2/h3-8,11,13-14H,9-10,12H2,1-2H3,(H,25,28)(H,26,27)/t14-/m1/s1. The first kappa shape index (κ1) is 20.1. The quantitative estimate of drug-likeness (QED) is 0.621. The molecule has 0 saturated heterocycles. The molecule has 4 rings (SSSR count). The molecule has 7 heteroatoms. The van der Waals surface area contributed by atoms with Gasteiger partial charge in [0.25, 0.3) is 11.8 Å². The topological polar surface area (TPSA) is 80.3 Å². The van der Waals surface area contributed by atoms with Gasteiger partial charge in [-0.2, -0.15) is 0 Å². The number of fused-ring (bicyclic) bond motifs is 1. The summed E-state index contributed by atoms with van der Waals surface area (Å²) in [6.07, 6.45) is 5.89. The van der Waals surface area contributed by atoms with Crippen LogP contribution in [0.5, 0.6) is 5.75 Å². The molecule has 0 bridgehead atoms. The van der Waals surface area contributed by atoms with Gasteiger partial charge in [0.2, 0.25) is 0 Å². The fourth-order valence-electron chi connectivity index (χ4n) is 3.68. The number of aromatic nitrogens is 1.